The number of ether oxygens (including phenoxy) is 3. The lowest BCUT2D eigenvalue weighted by molar-refractivity contribution is 0.0475. The Morgan fingerprint density at radius 1 is 1.33 bits per heavy atom. The van der Waals surface area contributed by atoms with Crippen molar-refractivity contribution >= 4 is 12.6 Å². The topological polar surface area (TPSA) is 68.2 Å². The summed E-state index contributed by atoms with van der Waals surface area (Å²) in [5.41, 5.74) is -0.0881. The summed E-state index contributed by atoms with van der Waals surface area (Å²) in [6, 6.07) is 2.09. The van der Waals surface area contributed by atoms with Crippen LogP contribution in [0.5, 0.6) is 11.5 Å². The van der Waals surface area contributed by atoms with E-state index in [1.807, 2.05) is 0 Å². The minimum Gasteiger partial charge on any atom is -0.487 e. The molecule has 0 fully saturated rings. The van der Waals surface area contributed by atoms with Crippen molar-refractivity contribution in [1.29, 1.82) is 0 Å². The number of methoxy groups -OCH3 is 1. The van der Waals surface area contributed by atoms with E-state index in [1.54, 1.807) is 13.8 Å². The van der Waals surface area contributed by atoms with E-state index in [0.29, 0.717) is 0 Å². The van der Waals surface area contributed by atoms with Gasteiger partial charge in [0.1, 0.15) is 5.82 Å². The molecule has 100 valence electrons. The predicted octanol–water partition coefficient (Wildman–Crippen LogP) is 0.275. The normalized spacial score (nSPS) is 10.6. The van der Waals surface area contributed by atoms with Gasteiger partial charge in [-0.1, -0.05) is 0 Å². The molecule has 0 atom stereocenters. The molecule has 0 unspecified atom stereocenters. The maximum Gasteiger partial charge on any atom is 0.492 e. The maximum absolute atomic E-state index is 13.3. The van der Waals surface area contributed by atoms with Crippen molar-refractivity contribution in [2.24, 2.45) is 0 Å². The van der Waals surface area contributed by atoms with Crippen LogP contribution < -0.4 is 14.9 Å². The average Bonchev–Trinajstić information content (AvgIpc) is 2.28. The first kappa shape index (κ1) is 14.8. The summed E-state index contributed by atoms with van der Waals surface area (Å²) in [6.07, 6.45) is -0.224. The average molecular weight is 258 g/mol. The highest BCUT2D eigenvalue weighted by Crippen LogP contribution is 2.27. The van der Waals surface area contributed by atoms with Gasteiger partial charge in [0.2, 0.25) is 0 Å². The maximum atomic E-state index is 13.3. The van der Waals surface area contributed by atoms with Gasteiger partial charge < -0.3 is 24.3 Å². The summed E-state index contributed by atoms with van der Waals surface area (Å²) in [6.45, 7) is 3.42. The standard InChI is InChI=1S/C11H16BFO5/c1-7(2)18-11-9(12(14)15)4-8(13)5-10(11)17-6-16-3/h4-5,7,14-15H,6H2,1-3H3. The fourth-order valence-electron chi connectivity index (χ4n) is 1.37. The van der Waals surface area contributed by atoms with Crippen molar-refractivity contribution < 1.29 is 28.6 Å². The summed E-state index contributed by atoms with van der Waals surface area (Å²) in [5.74, 6) is -0.493. The fraction of sp³-hybridized carbons (Fsp3) is 0.455. The molecular formula is C11H16BFO5. The van der Waals surface area contributed by atoms with Gasteiger partial charge in [0, 0.05) is 18.6 Å². The van der Waals surface area contributed by atoms with Gasteiger partial charge in [-0.3, -0.25) is 0 Å². The molecule has 0 aliphatic rings. The molecule has 1 rings (SSSR count). The highest BCUT2D eigenvalue weighted by molar-refractivity contribution is 6.59. The van der Waals surface area contributed by atoms with Gasteiger partial charge in [0.15, 0.2) is 18.3 Å². The van der Waals surface area contributed by atoms with Crippen molar-refractivity contribution in [3.63, 3.8) is 0 Å². The zero-order valence-corrected chi connectivity index (χ0v) is 10.5. The van der Waals surface area contributed by atoms with Crippen LogP contribution in [0.25, 0.3) is 0 Å². The van der Waals surface area contributed by atoms with Crippen molar-refractivity contribution in [2.45, 2.75) is 20.0 Å². The zero-order valence-electron chi connectivity index (χ0n) is 10.5. The molecule has 0 saturated carbocycles. The number of benzene rings is 1. The van der Waals surface area contributed by atoms with Crippen LogP contribution in [0.2, 0.25) is 0 Å². The number of rotatable bonds is 6. The van der Waals surface area contributed by atoms with E-state index in [-0.39, 0.29) is 29.9 Å². The molecule has 2 N–H and O–H groups in total. The second kappa shape index (κ2) is 6.58. The Hall–Kier alpha value is -1.31. The van der Waals surface area contributed by atoms with E-state index in [2.05, 4.69) is 0 Å². The molecule has 0 amide bonds. The number of halogens is 1. The SMILES string of the molecule is COCOc1cc(F)cc(B(O)O)c1OC(C)C. The van der Waals surface area contributed by atoms with E-state index in [1.165, 1.54) is 7.11 Å². The fourth-order valence-corrected chi connectivity index (χ4v) is 1.37. The van der Waals surface area contributed by atoms with Gasteiger partial charge in [-0.2, -0.15) is 0 Å². The predicted molar refractivity (Wildman–Crippen MR) is 64.5 cm³/mol. The Morgan fingerprint density at radius 3 is 2.50 bits per heavy atom. The molecule has 0 aliphatic carbocycles. The molecule has 0 heterocycles. The summed E-state index contributed by atoms with van der Waals surface area (Å²) in [7, 11) is -0.427. The molecule has 0 aromatic heterocycles. The van der Waals surface area contributed by atoms with Gasteiger partial charge in [0.05, 0.1) is 6.10 Å². The largest absolute Gasteiger partial charge is 0.492 e. The van der Waals surface area contributed by atoms with E-state index >= 15 is 0 Å². The van der Waals surface area contributed by atoms with Crippen molar-refractivity contribution in [3.8, 4) is 11.5 Å². The molecule has 1 aromatic rings. The van der Waals surface area contributed by atoms with E-state index in [9.17, 15) is 14.4 Å². The molecule has 18 heavy (non-hydrogen) atoms. The minimum absolute atomic E-state index is 0.0636. The zero-order chi connectivity index (χ0) is 13.7. The molecule has 0 bridgehead atoms. The summed E-state index contributed by atoms with van der Waals surface area (Å²) in [5, 5.41) is 18.4. The van der Waals surface area contributed by atoms with Gasteiger partial charge in [0.25, 0.3) is 0 Å². The van der Waals surface area contributed by atoms with Crippen LogP contribution in [0.3, 0.4) is 0 Å². The molecule has 0 saturated heterocycles. The van der Waals surface area contributed by atoms with Crippen LogP contribution in [-0.2, 0) is 4.74 Å². The third-order valence-electron chi connectivity index (χ3n) is 2.01. The van der Waals surface area contributed by atoms with Crippen LogP contribution in [0.1, 0.15) is 13.8 Å². The number of hydrogen-bond acceptors (Lipinski definition) is 5. The van der Waals surface area contributed by atoms with Crippen molar-refractivity contribution in [3.05, 3.63) is 17.9 Å². The molecule has 0 spiro atoms. The second-order valence-corrected chi connectivity index (χ2v) is 3.91. The molecular weight excluding hydrogens is 242 g/mol. The van der Waals surface area contributed by atoms with Gasteiger partial charge in [-0.15, -0.1) is 0 Å². The van der Waals surface area contributed by atoms with Gasteiger partial charge >= 0.3 is 7.12 Å². The van der Waals surface area contributed by atoms with Crippen LogP contribution in [0.15, 0.2) is 12.1 Å². The van der Waals surface area contributed by atoms with Crippen LogP contribution in [0.4, 0.5) is 4.39 Å². The monoisotopic (exact) mass is 258 g/mol. The molecule has 0 aliphatic heterocycles. The van der Waals surface area contributed by atoms with Crippen LogP contribution >= 0.6 is 0 Å². The summed E-state index contributed by atoms with van der Waals surface area (Å²) in [4.78, 5) is 0. The first-order valence-corrected chi connectivity index (χ1v) is 5.43. The third-order valence-corrected chi connectivity index (χ3v) is 2.01. The highest BCUT2D eigenvalue weighted by Gasteiger charge is 2.23. The Kier molecular flexibility index (Phi) is 5.39. The summed E-state index contributed by atoms with van der Waals surface area (Å²) < 4.78 is 28.6. The lowest BCUT2D eigenvalue weighted by Gasteiger charge is -2.18. The van der Waals surface area contributed by atoms with E-state index in [0.717, 1.165) is 12.1 Å². The Balaban J connectivity index is 3.19. The lowest BCUT2D eigenvalue weighted by Crippen LogP contribution is -2.33. The third kappa shape index (κ3) is 3.87. The molecule has 0 radical (unpaired) electrons. The Morgan fingerprint density at radius 2 is 2.00 bits per heavy atom. The van der Waals surface area contributed by atoms with Crippen molar-refractivity contribution in [1.82, 2.24) is 0 Å². The first-order valence-electron chi connectivity index (χ1n) is 5.43. The molecule has 1 aromatic carbocycles. The van der Waals surface area contributed by atoms with Crippen LogP contribution in [-0.4, -0.2) is 37.2 Å². The Labute approximate surface area is 105 Å². The highest BCUT2D eigenvalue weighted by atomic mass is 19.1. The van der Waals surface area contributed by atoms with Crippen LogP contribution in [0, 0.1) is 5.82 Å². The van der Waals surface area contributed by atoms with E-state index in [4.69, 9.17) is 14.2 Å². The first-order chi connectivity index (χ1) is 8.45. The minimum atomic E-state index is -1.85. The molecule has 5 nitrogen and oxygen atoms in total. The lowest BCUT2D eigenvalue weighted by atomic mass is 9.79. The van der Waals surface area contributed by atoms with E-state index < -0.39 is 12.9 Å². The van der Waals surface area contributed by atoms with Gasteiger partial charge in [-0.25, -0.2) is 4.39 Å². The smallest absolute Gasteiger partial charge is 0.487 e. The number of hydrogen-bond donors (Lipinski definition) is 2. The van der Waals surface area contributed by atoms with Gasteiger partial charge in [-0.05, 0) is 19.9 Å². The second-order valence-electron chi connectivity index (χ2n) is 3.91. The quantitative estimate of drug-likeness (QED) is 0.566. The Bertz CT molecular complexity index is 397. The van der Waals surface area contributed by atoms with Crippen molar-refractivity contribution in [2.75, 3.05) is 13.9 Å². The molecule has 7 heteroatoms. The summed E-state index contributed by atoms with van der Waals surface area (Å²) >= 11 is 0.